The van der Waals surface area contributed by atoms with Crippen LogP contribution in [0, 0.1) is 0 Å². The molecule has 0 saturated heterocycles. The Morgan fingerprint density at radius 1 is 1.59 bits per heavy atom. The normalized spacial score (nSPS) is 12.8. The highest BCUT2D eigenvalue weighted by Crippen LogP contribution is 2.27. The number of ether oxygens (including phenoxy) is 1. The smallest absolute Gasteiger partial charge is 0.184 e. The van der Waals surface area contributed by atoms with E-state index < -0.39 is 0 Å². The van der Waals surface area contributed by atoms with Crippen molar-refractivity contribution in [3.63, 3.8) is 0 Å². The van der Waals surface area contributed by atoms with Gasteiger partial charge in [0, 0.05) is 12.8 Å². The van der Waals surface area contributed by atoms with Crippen molar-refractivity contribution >= 4 is 32.4 Å². The highest BCUT2D eigenvalue weighted by Gasteiger charge is 2.10. The molecule has 2 aromatic rings. The maximum absolute atomic E-state index is 9.15. The van der Waals surface area contributed by atoms with Gasteiger partial charge >= 0.3 is 0 Å². The fourth-order valence-corrected chi connectivity index (χ4v) is 2.51. The van der Waals surface area contributed by atoms with E-state index in [9.17, 15) is 0 Å². The Morgan fingerprint density at radius 3 is 3.12 bits per heavy atom. The molecule has 0 aliphatic rings. The monoisotopic (exact) mass is 253 g/mol. The van der Waals surface area contributed by atoms with Crippen LogP contribution < -0.4 is 11.1 Å². The molecular formula is C11H15N3O2S. The molecule has 1 atom stereocenters. The molecule has 0 aliphatic carbocycles. The van der Waals surface area contributed by atoms with Gasteiger partial charge in [-0.3, -0.25) is 0 Å². The summed E-state index contributed by atoms with van der Waals surface area (Å²) in [7, 11) is 1.60. The Balaban J connectivity index is 2.18. The molecule has 0 amide bonds. The minimum Gasteiger partial charge on any atom is -0.399 e. The van der Waals surface area contributed by atoms with Crippen LogP contribution >= 0.6 is 11.3 Å². The van der Waals surface area contributed by atoms with Gasteiger partial charge in [0.15, 0.2) is 5.13 Å². The van der Waals surface area contributed by atoms with Gasteiger partial charge in [0.25, 0.3) is 0 Å². The number of nitrogens with two attached hydrogens (primary N) is 1. The number of aliphatic hydroxyl groups excluding tert-OH is 1. The van der Waals surface area contributed by atoms with Gasteiger partial charge in [0.2, 0.25) is 0 Å². The summed E-state index contributed by atoms with van der Waals surface area (Å²) in [4.78, 5) is 4.41. The van der Waals surface area contributed by atoms with Crippen LogP contribution in [-0.4, -0.2) is 36.5 Å². The standard InChI is InChI=1S/C11H15N3O2S/c1-16-6-8(5-15)13-11-14-9-3-2-7(12)4-10(9)17-11/h2-4,8,15H,5-6,12H2,1H3,(H,13,14). The Bertz CT molecular complexity index is 500. The number of thiazole rings is 1. The molecule has 0 radical (unpaired) electrons. The second kappa shape index (κ2) is 5.31. The third-order valence-electron chi connectivity index (χ3n) is 2.33. The molecule has 0 aliphatic heterocycles. The minimum atomic E-state index is -0.141. The van der Waals surface area contributed by atoms with Crippen LogP contribution in [0.2, 0.25) is 0 Å². The van der Waals surface area contributed by atoms with Crippen molar-refractivity contribution in [3.8, 4) is 0 Å². The van der Waals surface area contributed by atoms with Gasteiger partial charge < -0.3 is 20.9 Å². The van der Waals surface area contributed by atoms with E-state index in [1.54, 1.807) is 7.11 Å². The SMILES string of the molecule is COCC(CO)Nc1nc2ccc(N)cc2s1. The van der Waals surface area contributed by atoms with Gasteiger partial charge in [-0.1, -0.05) is 11.3 Å². The van der Waals surface area contributed by atoms with E-state index >= 15 is 0 Å². The fourth-order valence-electron chi connectivity index (χ4n) is 1.52. The molecule has 0 bridgehead atoms. The largest absolute Gasteiger partial charge is 0.399 e. The van der Waals surface area contributed by atoms with Crippen molar-refractivity contribution in [3.05, 3.63) is 18.2 Å². The molecule has 1 unspecified atom stereocenters. The van der Waals surface area contributed by atoms with Crippen LogP contribution in [0.25, 0.3) is 10.2 Å². The van der Waals surface area contributed by atoms with Gasteiger partial charge in [-0.25, -0.2) is 4.98 Å². The topological polar surface area (TPSA) is 80.4 Å². The number of nitrogens with zero attached hydrogens (tertiary/aromatic N) is 1. The zero-order valence-corrected chi connectivity index (χ0v) is 10.3. The first-order chi connectivity index (χ1) is 8.22. The van der Waals surface area contributed by atoms with Crippen LogP contribution in [0.4, 0.5) is 10.8 Å². The lowest BCUT2D eigenvalue weighted by Crippen LogP contribution is -2.28. The van der Waals surface area contributed by atoms with Crippen LogP contribution in [0.1, 0.15) is 0 Å². The van der Waals surface area contributed by atoms with Gasteiger partial charge in [-0.05, 0) is 18.2 Å². The molecule has 0 saturated carbocycles. The summed E-state index contributed by atoms with van der Waals surface area (Å²) in [6.45, 7) is 0.445. The molecule has 1 aromatic heterocycles. The van der Waals surface area contributed by atoms with Gasteiger partial charge in [0.1, 0.15) is 0 Å². The van der Waals surface area contributed by atoms with E-state index in [1.807, 2.05) is 18.2 Å². The van der Waals surface area contributed by atoms with Gasteiger partial charge in [-0.2, -0.15) is 0 Å². The number of aliphatic hydroxyl groups is 1. The minimum absolute atomic E-state index is 0.00586. The highest BCUT2D eigenvalue weighted by molar-refractivity contribution is 7.22. The summed E-state index contributed by atoms with van der Waals surface area (Å²) >= 11 is 1.51. The van der Waals surface area contributed by atoms with Crippen LogP contribution in [0.3, 0.4) is 0 Å². The van der Waals surface area contributed by atoms with E-state index in [2.05, 4.69) is 10.3 Å². The number of hydrogen-bond donors (Lipinski definition) is 3. The third-order valence-corrected chi connectivity index (χ3v) is 3.28. The highest BCUT2D eigenvalue weighted by atomic mass is 32.1. The fraction of sp³-hybridized carbons (Fsp3) is 0.364. The quantitative estimate of drug-likeness (QED) is 0.700. The lowest BCUT2D eigenvalue weighted by molar-refractivity contribution is 0.153. The second-order valence-electron chi connectivity index (χ2n) is 3.73. The molecule has 6 heteroatoms. The van der Waals surface area contributed by atoms with Crippen molar-refractivity contribution in [2.45, 2.75) is 6.04 Å². The molecule has 1 heterocycles. The first-order valence-corrected chi connectivity index (χ1v) is 6.07. The van der Waals surface area contributed by atoms with E-state index in [-0.39, 0.29) is 12.6 Å². The van der Waals surface area contributed by atoms with E-state index in [0.717, 1.165) is 21.0 Å². The summed E-state index contributed by atoms with van der Waals surface area (Å²) < 4.78 is 6.02. The average Bonchev–Trinajstić information content (AvgIpc) is 2.69. The summed E-state index contributed by atoms with van der Waals surface area (Å²) in [5.41, 5.74) is 7.34. The summed E-state index contributed by atoms with van der Waals surface area (Å²) in [5.74, 6) is 0. The lowest BCUT2D eigenvalue weighted by Gasteiger charge is -2.13. The Morgan fingerprint density at radius 2 is 2.41 bits per heavy atom. The molecule has 0 fully saturated rings. The summed E-state index contributed by atoms with van der Waals surface area (Å²) in [5, 5.41) is 13.0. The van der Waals surface area contributed by atoms with Crippen LogP contribution in [-0.2, 0) is 4.74 Å². The number of nitrogen functional groups attached to an aromatic ring is 1. The molecule has 17 heavy (non-hydrogen) atoms. The number of fused-ring (bicyclic) bond motifs is 1. The zero-order chi connectivity index (χ0) is 12.3. The predicted octanol–water partition coefficient (Wildman–Crippen LogP) is 1.30. The average molecular weight is 253 g/mol. The summed E-state index contributed by atoms with van der Waals surface area (Å²) in [6.07, 6.45) is 0. The Kier molecular flexibility index (Phi) is 3.78. The first-order valence-electron chi connectivity index (χ1n) is 5.25. The number of aromatic nitrogens is 1. The van der Waals surface area contributed by atoms with Crippen LogP contribution in [0.5, 0.6) is 0 Å². The van der Waals surface area contributed by atoms with E-state index in [1.165, 1.54) is 11.3 Å². The molecule has 2 rings (SSSR count). The molecular weight excluding hydrogens is 238 g/mol. The zero-order valence-electron chi connectivity index (χ0n) is 9.51. The van der Waals surface area contributed by atoms with Gasteiger partial charge in [0.05, 0.1) is 29.5 Å². The second-order valence-corrected chi connectivity index (χ2v) is 4.76. The Hall–Kier alpha value is -1.37. The molecule has 0 spiro atoms. The maximum Gasteiger partial charge on any atom is 0.184 e. The number of benzene rings is 1. The van der Waals surface area contributed by atoms with Crippen molar-refractivity contribution in [2.24, 2.45) is 0 Å². The number of methoxy groups -OCH3 is 1. The maximum atomic E-state index is 9.15. The third kappa shape index (κ3) is 2.85. The lowest BCUT2D eigenvalue weighted by atomic mass is 10.3. The first kappa shape index (κ1) is 12.1. The number of anilines is 2. The molecule has 4 N–H and O–H groups in total. The molecule has 92 valence electrons. The van der Waals surface area contributed by atoms with Crippen molar-refractivity contribution in [1.29, 1.82) is 0 Å². The van der Waals surface area contributed by atoms with Gasteiger partial charge in [-0.15, -0.1) is 0 Å². The van der Waals surface area contributed by atoms with E-state index in [0.29, 0.717) is 6.61 Å². The summed E-state index contributed by atoms with van der Waals surface area (Å²) in [6, 6.07) is 5.46. The van der Waals surface area contributed by atoms with E-state index in [4.69, 9.17) is 15.6 Å². The van der Waals surface area contributed by atoms with Crippen molar-refractivity contribution in [1.82, 2.24) is 4.98 Å². The van der Waals surface area contributed by atoms with Crippen molar-refractivity contribution < 1.29 is 9.84 Å². The molecule has 1 aromatic carbocycles. The number of rotatable bonds is 5. The van der Waals surface area contributed by atoms with Crippen molar-refractivity contribution in [2.75, 3.05) is 31.4 Å². The predicted molar refractivity (Wildman–Crippen MR) is 70.4 cm³/mol. The molecule has 5 nitrogen and oxygen atoms in total. The number of hydrogen-bond acceptors (Lipinski definition) is 6. The Labute approximate surface area is 103 Å². The number of nitrogens with one attached hydrogen (secondary N) is 1. The van der Waals surface area contributed by atoms with Crippen LogP contribution in [0.15, 0.2) is 18.2 Å².